The van der Waals surface area contributed by atoms with Crippen molar-refractivity contribution in [2.75, 3.05) is 13.1 Å². The van der Waals surface area contributed by atoms with Crippen molar-refractivity contribution < 1.29 is 9.32 Å². The van der Waals surface area contributed by atoms with E-state index in [9.17, 15) is 4.79 Å². The molecule has 1 atom stereocenters. The van der Waals surface area contributed by atoms with Gasteiger partial charge in [-0.1, -0.05) is 23.4 Å². The average Bonchev–Trinajstić information content (AvgIpc) is 3.37. The Kier molecular flexibility index (Phi) is 4.28. The lowest BCUT2D eigenvalue weighted by Crippen LogP contribution is -2.29. The Balaban J connectivity index is 1.39. The van der Waals surface area contributed by atoms with Crippen LogP contribution in [0.25, 0.3) is 11.5 Å². The highest BCUT2D eigenvalue weighted by Gasteiger charge is 2.29. The van der Waals surface area contributed by atoms with Gasteiger partial charge < -0.3 is 9.42 Å². The predicted octanol–water partition coefficient (Wildman–Crippen LogP) is 2.48. The molecular weight excluding hydrogens is 330 g/mol. The van der Waals surface area contributed by atoms with Crippen molar-refractivity contribution in [3.05, 3.63) is 53.6 Å². The van der Waals surface area contributed by atoms with E-state index in [1.165, 1.54) is 0 Å². The highest BCUT2D eigenvalue weighted by atomic mass is 16.5. The molecule has 1 amide bonds. The average molecular weight is 351 g/mol. The lowest BCUT2D eigenvalue weighted by Gasteiger charge is -2.14. The van der Waals surface area contributed by atoms with Gasteiger partial charge >= 0.3 is 0 Å². The lowest BCUT2D eigenvalue weighted by atomic mass is 10.1. The summed E-state index contributed by atoms with van der Waals surface area (Å²) in [5.74, 6) is 1.56. The minimum atomic E-state index is -0.00529. The van der Waals surface area contributed by atoms with Crippen LogP contribution in [0.4, 0.5) is 0 Å². The van der Waals surface area contributed by atoms with Crippen LogP contribution in [0.1, 0.15) is 28.4 Å². The summed E-state index contributed by atoms with van der Waals surface area (Å²) in [7, 11) is 1.85. The summed E-state index contributed by atoms with van der Waals surface area (Å²) in [5.41, 5.74) is 2.40. The number of aryl methyl sites for hydroxylation is 2. The first-order valence-electron chi connectivity index (χ1n) is 8.78. The lowest BCUT2D eigenvalue weighted by molar-refractivity contribution is 0.0780. The molecule has 0 N–H and O–H groups in total. The van der Waals surface area contributed by atoms with Crippen LogP contribution in [-0.2, 0) is 13.5 Å². The monoisotopic (exact) mass is 351 g/mol. The van der Waals surface area contributed by atoms with Crippen LogP contribution in [-0.4, -0.2) is 43.8 Å². The van der Waals surface area contributed by atoms with Gasteiger partial charge in [0.15, 0.2) is 11.5 Å². The minimum Gasteiger partial charge on any atom is -0.337 e. The zero-order valence-electron chi connectivity index (χ0n) is 14.9. The Morgan fingerprint density at radius 3 is 2.85 bits per heavy atom. The first-order valence-corrected chi connectivity index (χ1v) is 8.78. The van der Waals surface area contributed by atoms with Gasteiger partial charge in [0.05, 0.1) is 0 Å². The summed E-state index contributed by atoms with van der Waals surface area (Å²) in [6.07, 6.45) is 1.65. The second kappa shape index (κ2) is 6.74. The number of nitrogens with zero attached hydrogens (tertiary/aromatic N) is 5. The molecule has 0 unspecified atom stereocenters. The Bertz CT molecular complexity index is 896. The fraction of sp³-hybridized carbons (Fsp3) is 0.368. The molecule has 1 fully saturated rings. The van der Waals surface area contributed by atoms with Gasteiger partial charge in [0, 0.05) is 37.8 Å². The van der Waals surface area contributed by atoms with Gasteiger partial charge in [0.2, 0.25) is 0 Å². The second-order valence-electron chi connectivity index (χ2n) is 6.79. The maximum atomic E-state index is 12.6. The molecule has 0 spiro atoms. The van der Waals surface area contributed by atoms with Crippen molar-refractivity contribution in [2.24, 2.45) is 13.0 Å². The van der Waals surface area contributed by atoms with Crippen LogP contribution in [0.2, 0.25) is 0 Å². The Labute approximate surface area is 151 Å². The van der Waals surface area contributed by atoms with Gasteiger partial charge in [-0.3, -0.25) is 9.48 Å². The molecule has 1 aliphatic rings. The molecule has 0 radical (unpaired) electrons. The number of hydrogen-bond acceptors (Lipinski definition) is 5. The van der Waals surface area contributed by atoms with Crippen LogP contribution in [0.5, 0.6) is 0 Å². The Hall–Kier alpha value is -2.96. The molecular formula is C19H21N5O2. The number of aromatic nitrogens is 4. The van der Waals surface area contributed by atoms with Crippen molar-refractivity contribution in [2.45, 2.75) is 19.8 Å². The topological polar surface area (TPSA) is 77.1 Å². The molecule has 0 saturated carbocycles. The van der Waals surface area contributed by atoms with E-state index in [0.29, 0.717) is 36.3 Å². The van der Waals surface area contributed by atoms with Crippen LogP contribution < -0.4 is 0 Å². The van der Waals surface area contributed by atoms with E-state index in [0.717, 1.165) is 24.2 Å². The third-order valence-electron chi connectivity index (χ3n) is 4.87. The standard InChI is InChI=1S/C19H21N5O2/c1-13-10-16(21-23(13)2)19(25)24-9-8-14(12-24)11-17-20-18(26-22-17)15-6-4-3-5-7-15/h3-7,10,14H,8-9,11-12H2,1-2H3/t14-/m1/s1. The van der Waals surface area contributed by atoms with Crippen molar-refractivity contribution in [1.29, 1.82) is 0 Å². The van der Waals surface area contributed by atoms with Gasteiger partial charge in [0.25, 0.3) is 11.8 Å². The number of carbonyl (C=O) groups is 1. The smallest absolute Gasteiger partial charge is 0.274 e. The quantitative estimate of drug-likeness (QED) is 0.722. The van der Waals surface area contributed by atoms with Crippen LogP contribution in [0, 0.1) is 12.8 Å². The van der Waals surface area contributed by atoms with E-state index in [4.69, 9.17) is 4.52 Å². The third-order valence-corrected chi connectivity index (χ3v) is 4.87. The molecule has 3 heterocycles. The van der Waals surface area contributed by atoms with Gasteiger partial charge in [-0.05, 0) is 37.5 Å². The number of benzene rings is 1. The normalized spacial score (nSPS) is 17.0. The minimum absolute atomic E-state index is 0.00529. The van der Waals surface area contributed by atoms with E-state index in [-0.39, 0.29) is 5.91 Å². The molecule has 7 heteroatoms. The summed E-state index contributed by atoms with van der Waals surface area (Å²) in [6.45, 7) is 3.38. The Morgan fingerprint density at radius 1 is 1.31 bits per heavy atom. The van der Waals surface area contributed by atoms with E-state index in [1.807, 2.05) is 55.3 Å². The van der Waals surface area contributed by atoms with E-state index in [1.54, 1.807) is 4.68 Å². The molecule has 1 aliphatic heterocycles. The third kappa shape index (κ3) is 3.24. The fourth-order valence-electron chi connectivity index (χ4n) is 3.30. The number of likely N-dealkylation sites (tertiary alicyclic amines) is 1. The van der Waals surface area contributed by atoms with Crippen molar-refractivity contribution in [3.63, 3.8) is 0 Å². The highest BCUT2D eigenvalue weighted by molar-refractivity contribution is 5.92. The summed E-state index contributed by atoms with van der Waals surface area (Å²) in [4.78, 5) is 19.0. The molecule has 26 heavy (non-hydrogen) atoms. The number of rotatable bonds is 4. The van der Waals surface area contributed by atoms with Gasteiger partial charge in [0.1, 0.15) is 0 Å². The molecule has 1 saturated heterocycles. The molecule has 0 aliphatic carbocycles. The molecule has 2 aromatic heterocycles. The van der Waals surface area contributed by atoms with Crippen molar-refractivity contribution in [1.82, 2.24) is 24.8 Å². The van der Waals surface area contributed by atoms with Crippen LogP contribution in [0.15, 0.2) is 40.9 Å². The molecule has 1 aromatic carbocycles. The molecule has 134 valence electrons. The van der Waals surface area contributed by atoms with Crippen molar-refractivity contribution >= 4 is 5.91 Å². The molecule has 7 nitrogen and oxygen atoms in total. The fourth-order valence-corrected chi connectivity index (χ4v) is 3.30. The summed E-state index contributed by atoms with van der Waals surface area (Å²) in [6, 6.07) is 11.6. The first-order chi connectivity index (χ1) is 12.6. The number of carbonyl (C=O) groups excluding carboxylic acids is 1. The molecule has 0 bridgehead atoms. The maximum Gasteiger partial charge on any atom is 0.274 e. The first kappa shape index (κ1) is 16.5. The van der Waals surface area contributed by atoms with Gasteiger partial charge in [-0.15, -0.1) is 0 Å². The summed E-state index contributed by atoms with van der Waals surface area (Å²) < 4.78 is 7.09. The summed E-state index contributed by atoms with van der Waals surface area (Å²) >= 11 is 0. The van der Waals surface area contributed by atoms with E-state index in [2.05, 4.69) is 15.2 Å². The zero-order valence-corrected chi connectivity index (χ0v) is 14.9. The maximum absolute atomic E-state index is 12.6. The van der Waals surface area contributed by atoms with Crippen LogP contribution in [0.3, 0.4) is 0 Å². The number of amides is 1. The Morgan fingerprint density at radius 2 is 2.12 bits per heavy atom. The van der Waals surface area contributed by atoms with E-state index >= 15 is 0 Å². The van der Waals surface area contributed by atoms with Gasteiger partial charge in [-0.2, -0.15) is 10.1 Å². The van der Waals surface area contributed by atoms with Crippen molar-refractivity contribution in [3.8, 4) is 11.5 Å². The number of hydrogen-bond donors (Lipinski definition) is 0. The zero-order chi connectivity index (χ0) is 18.1. The highest BCUT2D eigenvalue weighted by Crippen LogP contribution is 2.23. The van der Waals surface area contributed by atoms with Gasteiger partial charge in [-0.25, -0.2) is 0 Å². The molecule has 3 aromatic rings. The second-order valence-corrected chi connectivity index (χ2v) is 6.79. The van der Waals surface area contributed by atoms with Crippen LogP contribution >= 0.6 is 0 Å². The molecule has 4 rings (SSSR count). The predicted molar refractivity (Wildman–Crippen MR) is 95.4 cm³/mol. The summed E-state index contributed by atoms with van der Waals surface area (Å²) in [5, 5.41) is 8.38. The SMILES string of the molecule is Cc1cc(C(=O)N2CC[C@H](Cc3noc(-c4ccccc4)n3)C2)nn1C. The largest absolute Gasteiger partial charge is 0.337 e. The van der Waals surface area contributed by atoms with E-state index < -0.39 is 0 Å².